The third kappa shape index (κ3) is 6.19. The first kappa shape index (κ1) is 27.6. The SMILES string of the molecule is CC(=O)N(CCCN(C)C)c1ccc(N=C(c2ccc(N)c([N+](=O)[O-])c2)c2c(O)[nH]c3cc(Cl)ccc23)cc1. The van der Waals surface area contributed by atoms with Gasteiger partial charge in [-0.3, -0.25) is 14.9 Å². The summed E-state index contributed by atoms with van der Waals surface area (Å²) in [5.41, 5.74) is 8.46. The number of carbonyl (C=O) groups is 1. The quantitative estimate of drug-likeness (QED) is 0.109. The van der Waals surface area contributed by atoms with Crippen molar-refractivity contribution < 1.29 is 14.8 Å². The average molecular weight is 549 g/mol. The zero-order valence-corrected chi connectivity index (χ0v) is 22.6. The lowest BCUT2D eigenvalue weighted by Crippen LogP contribution is -2.31. The van der Waals surface area contributed by atoms with Crippen LogP contribution in [0.25, 0.3) is 10.9 Å². The molecule has 0 spiro atoms. The van der Waals surface area contributed by atoms with Crippen LogP contribution in [0.5, 0.6) is 5.88 Å². The molecular formula is C28H29ClN6O4. The number of nitrogens with two attached hydrogens (primary N) is 1. The molecule has 4 N–H and O–H groups in total. The number of anilines is 2. The highest BCUT2D eigenvalue weighted by atomic mass is 35.5. The molecule has 1 aromatic heterocycles. The standard InChI is InChI=1S/C28H29ClN6O4/c1-17(36)34(14-4-13-33(2)3)21-9-7-20(8-10-21)31-27(18-5-12-23(30)25(15-18)35(38)39)26-22-11-6-19(29)16-24(22)32-28(26)37/h5-12,15-16,32,37H,4,13-14,30H2,1-3H3. The Labute approximate surface area is 230 Å². The van der Waals surface area contributed by atoms with Crippen molar-refractivity contribution in [3.63, 3.8) is 0 Å². The van der Waals surface area contributed by atoms with Gasteiger partial charge in [0.15, 0.2) is 5.88 Å². The van der Waals surface area contributed by atoms with E-state index < -0.39 is 4.92 Å². The summed E-state index contributed by atoms with van der Waals surface area (Å²) in [6.45, 7) is 2.95. The lowest BCUT2D eigenvalue weighted by molar-refractivity contribution is -0.383. The van der Waals surface area contributed by atoms with Crippen molar-refractivity contribution in [3.8, 4) is 5.88 Å². The largest absolute Gasteiger partial charge is 0.494 e. The number of nitro groups is 1. The minimum Gasteiger partial charge on any atom is -0.494 e. The van der Waals surface area contributed by atoms with Crippen LogP contribution in [-0.4, -0.2) is 58.7 Å². The lowest BCUT2D eigenvalue weighted by atomic mass is 9.99. The first-order valence-corrected chi connectivity index (χ1v) is 12.6. The van der Waals surface area contributed by atoms with Gasteiger partial charge in [0.1, 0.15) is 5.69 Å². The zero-order chi connectivity index (χ0) is 28.3. The zero-order valence-electron chi connectivity index (χ0n) is 21.8. The van der Waals surface area contributed by atoms with E-state index in [1.54, 1.807) is 53.4 Å². The van der Waals surface area contributed by atoms with E-state index in [4.69, 9.17) is 22.3 Å². The number of aromatic amines is 1. The first-order chi connectivity index (χ1) is 18.5. The third-order valence-electron chi connectivity index (χ3n) is 6.25. The molecule has 1 heterocycles. The van der Waals surface area contributed by atoms with Gasteiger partial charge in [-0.05, 0) is 69.5 Å². The molecule has 0 atom stereocenters. The number of nitro benzene ring substituents is 1. The molecule has 39 heavy (non-hydrogen) atoms. The molecule has 0 radical (unpaired) electrons. The number of aromatic nitrogens is 1. The van der Waals surface area contributed by atoms with Crippen LogP contribution in [0.1, 0.15) is 24.5 Å². The number of rotatable bonds is 9. The van der Waals surface area contributed by atoms with Crippen LogP contribution in [0.3, 0.4) is 0 Å². The Bertz CT molecular complexity index is 1560. The van der Waals surface area contributed by atoms with Crippen molar-refractivity contribution in [2.75, 3.05) is 37.8 Å². The van der Waals surface area contributed by atoms with Crippen molar-refractivity contribution in [3.05, 3.63) is 86.9 Å². The van der Waals surface area contributed by atoms with Crippen LogP contribution in [-0.2, 0) is 4.79 Å². The molecule has 202 valence electrons. The number of halogens is 1. The molecule has 4 aromatic rings. The predicted molar refractivity (Wildman–Crippen MR) is 155 cm³/mol. The molecule has 0 fully saturated rings. The summed E-state index contributed by atoms with van der Waals surface area (Å²) in [7, 11) is 3.97. The molecule has 0 aliphatic heterocycles. The molecule has 4 rings (SSSR count). The van der Waals surface area contributed by atoms with Gasteiger partial charge in [-0.15, -0.1) is 0 Å². The summed E-state index contributed by atoms with van der Waals surface area (Å²) in [6, 6.07) is 16.6. The number of H-pyrrole nitrogens is 1. The fourth-order valence-electron chi connectivity index (χ4n) is 4.36. The third-order valence-corrected chi connectivity index (χ3v) is 6.48. The highest BCUT2D eigenvalue weighted by molar-refractivity contribution is 6.31. The summed E-state index contributed by atoms with van der Waals surface area (Å²) in [5, 5.41) is 23.6. The Kier molecular flexibility index (Phi) is 8.18. The number of nitrogen functional groups attached to an aromatic ring is 1. The molecule has 1 amide bonds. The Morgan fingerprint density at radius 1 is 1.10 bits per heavy atom. The van der Waals surface area contributed by atoms with Gasteiger partial charge in [0.2, 0.25) is 5.91 Å². The second kappa shape index (κ2) is 11.5. The Morgan fingerprint density at radius 2 is 1.82 bits per heavy atom. The number of benzene rings is 3. The molecule has 0 unspecified atom stereocenters. The number of aliphatic imine (C=N–C) groups is 1. The van der Waals surface area contributed by atoms with E-state index in [0.29, 0.717) is 45.0 Å². The molecule has 11 heteroatoms. The van der Waals surface area contributed by atoms with E-state index in [1.807, 2.05) is 14.1 Å². The number of nitrogens with zero attached hydrogens (tertiary/aromatic N) is 4. The van der Waals surface area contributed by atoms with E-state index in [1.165, 1.54) is 19.1 Å². The first-order valence-electron chi connectivity index (χ1n) is 12.2. The molecular weight excluding hydrogens is 520 g/mol. The molecule has 0 aliphatic rings. The Balaban J connectivity index is 1.81. The van der Waals surface area contributed by atoms with Crippen LogP contribution in [0.15, 0.2) is 65.7 Å². The fourth-order valence-corrected chi connectivity index (χ4v) is 4.53. The topological polar surface area (TPSA) is 141 Å². The second-order valence-electron chi connectivity index (χ2n) is 9.37. The lowest BCUT2D eigenvalue weighted by Gasteiger charge is -2.22. The van der Waals surface area contributed by atoms with E-state index >= 15 is 0 Å². The van der Waals surface area contributed by atoms with Gasteiger partial charge in [-0.2, -0.15) is 0 Å². The van der Waals surface area contributed by atoms with Crippen molar-refractivity contribution in [2.24, 2.45) is 4.99 Å². The van der Waals surface area contributed by atoms with Gasteiger partial charge in [0.25, 0.3) is 5.69 Å². The Morgan fingerprint density at radius 3 is 2.46 bits per heavy atom. The van der Waals surface area contributed by atoms with Crippen LogP contribution in [0.2, 0.25) is 5.02 Å². The summed E-state index contributed by atoms with van der Waals surface area (Å²) in [5.74, 6) is -0.229. The Hall–Kier alpha value is -4.41. The highest BCUT2D eigenvalue weighted by Crippen LogP contribution is 2.34. The fraction of sp³-hybridized carbons (Fsp3) is 0.214. The molecule has 0 bridgehead atoms. The van der Waals surface area contributed by atoms with E-state index in [9.17, 15) is 20.0 Å². The molecule has 0 saturated heterocycles. The normalized spacial score (nSPS) is 11.8. The van der Waals surface area contributed by atoms with Crippen molar-refractivity contribution in [2.45, 2.75) is 13.3 Å². The highest BCUT2D eigenvalue weighted by Gasteiger charge is 2.22. The number of fused-ring (bicyclic) bond motifs is 1. The maximum atomic E-state index is 12.3. The molecule has 0 aliphatic carbocycles. The van der Waals surface area contributed by atoms with Gasteiger partial charge in [0, 0.05) is 41.2 Å². The van der Waals surface area contributed by atoms with Gasteiger partial charge in [0.05, 0.1) is 27.4 Å². The molecule has 0 saturated carbocycles. The number of aromatic hydroxyl groups is 1. The number of carbonyl (C=O) groups excluding carboxylic acids is 1. The summed E-state index contributed by atoms with van der Waals surface area (Å²) in [4.78, 5) is 34.8. The maximum Gasteiger partial charge on any atom is 0.292 e. The maximum absolute atomic E-state index is 12.3. The van der Waals surface area contributed by atoms with Crippen LogP contribution in [0.4, 0.5) is 22.7 Å². The second-order valence-corrected chi connectivity index (χ2v) is 9.81. The van der Waals surface area contributed by atoms with Gasteiger partial charge in [-0.1, -0.05) is 23.7 Å². The van der Waals surface area contributed by atoms with Crippen LogP contribution in [0, 0.1) is 10.1 Å². The smallest absolute Gasteiger partial charge is 0.292 e. The van der Waals surface area contributed by atoms with E-state index in [2.05, 4.69) is 9.88 Å². The predicted octanol–water partition coefficient (Wildman–Crippen LogP) is 5.49. The molecule has 10 nitrogen and oxygen atoms in total. The monoisotopic (exact) mass is 548 g/mol. The minimum atomic E-state index is -0.563. The van der Waals surface area contributed by atoms with Crippen LogP contribution >= 0.6 is 11.6 Å². The van der Waals surface area contributed by atoms with Gasteiger partial charge < -0.3 is 25.6 Å². The van der Waals surface area contributed by atoms with Gasteiger partial charge in [-0.25, -0.2) is 4.99 Å². The summed E-state index contributed by atoms with van der Waals surface area (Å²) >= 11 is 6.14. The number of hydrogen-bond acceptors (Lipinski definition) is 7. The number of hydrogen-bond donors (Lipinski definition) is 3. The number of nitrogens with one attached hydrogen (secondary N) is 1. The van der Waals surface area contributed by atoms with Crippen molar-refractivity contribution in [1.82, 2.24) is 9.88 Å². The number of amides is 1. The van der Waals surface area contributed by atoms with E-state index in [0.717, 1.165) is 18.7 Å². The van der Waals surface area contributed by atoms with Crippen LogP contribution < -0.4 is 10.6 Å². The van der Waals surface area contributed by atoms with Crippen molar-refractivity contribution >= 4 is 56.9 Å². The summed E-state index contributed by atoms with van der Waals surface area (Å²) < 4.78 is 0. The molecule has 3 aromatic carbocycles. The summed E-state index contributed by atoms with van der Waals surface area (Å²) in [6.07, 6.45) is 0.816. The minimum absolute atomic E-state index is 0.0148. The average Bonchev–Trinajstić information content (AvgIpc) is 3.20. The van der Waals surface area contributed by atoms with Gasteiger partial charge >= 0.3 is 0 Å². The van der Waals surface area contributed by atoms with Crippen molar-refractivity contribution in [1.29, 1.82) is 0 Å². The van der Waals surface area contributed by atoms with E-state index in [-0.39, 0.29) is 23.2 Å².